The van der Waals surface area contributed by atoms with Crippen molar-refractivity contribution in [1.82, 2.24) is 4.90 Å². The molecule has 0 amide bonds. The van der Waals surface area contributed by atoms with Crippen LogP contribution >= 0.6 is 12.4 Å². The van der Waals surface area contributed by atoms with Crippen molar-refractivity contribution >= 4 is 12.4 Å². The van der Waals surface area contributed by atoms with Gasteiger partial charge in [0.15, 0.2) is 0 Å². The molecule has 3 nitrogen and oxygen atoms in total. The summed E-state index contributed by atoms with van der Waals surface area (Å²) < 4.78 is 11.8. The average molecular weight is 300 g/mol. The molecule has 0 N–H and O–H groups in total. The predicted molar refractivity (Wildman–Crippen MR) is 84.9 cm³/mol. The van der Waals surface area contributed by atoms with Gasteiger partial charge >= 0.3 is 0 Å². The molecule has 1 aliphatic rings. The highest BCUT2D eigenvalue weighted by atomic mass is 35.5. The highest BCUT2D eigenvalue weighted by Crippen LogP contribution is 2.39. The van der Waals surface area contributed by atoms with Crippen molar-refractivity contribution in [2.75, 3.05) is 27.2 Å². The fourth-order valence-corrected chi connectivity index (χ4v) is 3.18. The van der Waals surface area contributed by atoms with E-state index in [4.69, 9.17) is 9.47 Å². The minimum Gasteiger partial charge on any atom is -0.497 e. The predicted octanol–water partition coefficient (Wildman–Crippen LogP) is 3.46. The number of ether oxygens (including phenoxy) is 2. The average Bonchev–Trinajstić information content (AvgIpc) is 2.36. The SMILES string of the molecule is CCC1(c2cccc(OC)c2)CN(C)CC(C)(C)O1.Cl. The minimum atomic E-state index is -0.245. The zero-order valence-electron chi connectivity index (χ0n) is 13.1. The van der Waals surface area contributed by atoms with Crippen LogP contribution in [-0.4, -0.2) is 37.7 Å². The fraction of sp³-hybridized carbons (Fsp3) is 0.625. The van der Waals surface area contributed by atoms with E-state index in [2.05, 4.69) is 44.9 Å². The first-order valence-corrected chi connectivity index (χ1v) is 6.94. The van der Waals surface area contributed by atoms with Crippen LogP contribution in [0.5, 0.6) is 5.75 Å². The highest BCUT2D eigenvalue weighted by Gasteiger charge is 2.43. The van der Waals surface area contributed by atoms with Gasteiger partial charge in [-0.15, -0.1) is 12.4 Å². The number of hydrogen-bond donors (Lipinski definition) is 0. The van der Waals surface area contributed by atoms with Crippen LogP contribution in [0.4, 0.5) is 0 Å². The third kappa shape index (κ3) is 3.46. The van der Waals surface area contributed by atoms with Crippen molar-refractivity contribution in [1.29, 1.82) is 0 Å². The molecule has 1 atom stereocenters. The van der Waals surface area contributed by atoms with Crippen LogP contribution in [0.3, 0.4) is 0 Å². The largest absolute Gasteiger partial charge is 0.497 e. The van der Waals surface area contributed by atoms with Crippen LogP contribution in [0.2, 0.25) is 0 Å². The van der Waals surface area contributed by atoms with Gasteiger partial charge in [0, 0.05) is 13.1 Å². The zero-order valence-corrected chi connectivity index (χ0v) is 13.9. The Bertz CT molecular complexity index is 450. The summed E-state index contributed by atoms with van der Waals surface area (Å²) in [7, 11) is 3.87. The first-order valence-electron chi connectivity index (χ1n) is 6.94. The van der Waals surface area contributed by atoms with E-state index in [9.17, 15) is 0 Å². The zero-order chi connectivity index (χ0) is 14.1. The lowest BCUT2D eigenvalue weighted by Gasteiger charge is -2.49. The number of benzene rings is 1. The maximum atomic E-state index is 6.47. The number of morpholine rings is 1. The summed E-state index contributed by atoms with van der Waals surface area (Å²) in [4.78, 5) is 2.35. The van der Waals surface area contributed by atoms with Crippen LogP contribution in [0.25, 0.3) is 0 Å². The van der Waals surface area contributed by atoms with E-state index in [1.165, 1.54) is 5.56 Å². The molecule has 0 bridgehead atoms. The molecular weight excluding hydrogens is 274 g/mol. The van der Waals surface area contributed by atoms with Gasteiger partial charge in [-0.05, 0) is 45.0 Å². The molecule has 1 fully saturated rings. The van der Waals surface area contributed by atoms with Gasteiger partial charge < -0.3 is 14.4 Å². The Morgan fingerprint density at radius 1 is 1.30 bits per heavy atom. The number of hydrogen-bond acceptors (Lipinski definition) is 3. The normalized spacial score (nSPS) is 25.9. The van der Waals surface area contributed by atoms with Gasteiger partial charge in [0.05, 0.1) is 12.7 Å². The number of methoxy groups -OCH3 is 1. The third-order valence-corrected chi connectivity index (χ3v) is 3.81. The molecule has 0 saturated carbocycles. The number of halogens is 1. The molecule has 114 valence electrons. The molecule has 1 unspecified atom stereocenters. The Kier molecular flexibility index (Phi) is 5.47. The van der Waals surface area contributed by atoms with Crippen molar-refractivity contribution < 1.29 is 9.47 Å². The maximum absolute atomic E-state index is 6.47. The van der Waals surface area contributed by atoms with Crippen LogP contribution in [0.1, 0.15) is 32.8 Å². The molecule has 0 aromatic heterocycles. The van der Waals surface area contributed by atoms with Crippen molar-refractivity contribution in [3.05, 3.63) is 29.8 Å². The second kappa shape index (κ2) is 6.33. The molecule has 1 heterocycles. The van der Waals surface area contributed by atoms with Crippen molar-refractivity contribution in [2.45, 2.75) is 38.4 Å². The van der Waals surface area contributed by atoms with E-state index < -0.39 is 0 Å². The Balaban J connectivity index is 0.00000200. The van der Waals surface area contributed by atoms with Crippen LogP contribution in [0.15, 0.2) is 24.3 Å². The lowest BCUT2D eigenvalue weighted by atomic mass is 9.86. The Morgan fingerprint density at radius 2 is 2.00 bits per heavy atom. The van der Waals surface area contributed by atoms with Gasteiger partial charge in [-0.1, -0.05) is 19.1 Å². The maximum Gasteiger partial charge on any atom is 0.119 e. The molecule has 1 aromatic carbocycles. The van der Waals surface area contributed by atoms with Crippen LogP contribution < -0.4 is 4.74 Å². The topological polar surface area (TPSA) is 21.7 Å². The molecule has 4 heteroatoms. The summed E-state index contributed by atoms with van der Waals surface area (Å²) in [5, 5.41) is 0. The standard InChI is InChI=1S/C16H25NO2.ClH/c1-6-16(12-17(4)11-15(2,3)19-16)13-8-7-9-14(10-13)18-5;/h7-10H,6,11-12H2,1-5H3;1H. The molecule has 2 rings (SSSR count). The second-order valence-electron chi connectivity index (χ2n) is 6.11. The Labute approximate surface area is 128 Å². The lowest BCUT2D eigenvalue weighted by molar-refractivity contribution is -0.200. The van der Waals surface area contributed by atoms with Gasteiger partial charge in [-0.25, -0.2) is 0 Å². The summed E-state index contributed by atoms with van der Waals surface area (Å²) in [6.07, 6.45) is 0.952. The van der Waals surface area contributed by atoms with Gasteiger partial charge in [0.2, 0.25) is 0 Å². The van der Waals surface area contributed by atoms with E-state index in [0.717, 1.165) is 25.3 Å². The van der Waals surface area contributed by atoms with E-state index >= 15 is 0 Å². The van der Waals surface area contributed by atoms with Crippen molar-refractivity contribution in [3.63, 3.8) is 0 Å². The molecule has 0 spiro atoms. The summed E-state index contributed by atoms with van der Waals surface area (Å²) in [6.45, 7) is 8.38. The van der Waals surface area contributed by atoms with Gasteiger partial charge in [-0.3, -0.25) is 0 Å². The second-order valence-corrected chi connectivity index (χ2v) is 6.11. The molecule has 1 saturated heterocycles. The van der Waals surface area contributed by atoms with E-state index in [1.54, 1.807) is 7.11 Å². The van der Waals surface area contributed by atoms with E-state index in [-0.39, 0.29) is 23.6 Å². The van der Waals surface area contributed by atoms with Crippen LogP contribution in [0, 0.1) is 0 Å². The summed E-state index contributed by atoms with van der Waals surface area (Å²) in [5.74, 6) is 0.889. The van der Waals surface area contributed by atoms with Crippen molar-refractivity contribution in [2.24, 2.45) is 0 Å². The minimum absolute atomic E-state index is 0. The summed E-state index contributed by atoms with van der Waals surface area (Å²) in [6, 6.07) is 8.25. The Morgan fingerprint density at radius 3 is 2.55 bits per heavy atom. The van der Waals surface area contributed by atoms with Gasteiger partial charge in [0.1, 0.15) is 11.4 Å². The molecular formula is C16H26ClNO2. The molecule has 0 aliphatic carbocycles. The molecule has 1 aromatic rings. The first-order chi connectivity index (χ1) is 8.91. The lowest BCUT2D eigenvalue weighted by Crippen LogP contribution is -2.56. The number of rotatable bonds is 3. The van der Waals surface area contributed by atoms with E-state index in [0.29, 0.717) is 0 Å². The quantitative estimate of drug-likeness (QED) is 0.853. The molecule has 1 aliphatic heterocycles. The fourth-order valence-electron chi connectivity index (χ4n) is 3.18. The monoisotopic (exact) mass is 299 g/mol. The Hall–Kier alpha value is -0.770. The molecule has 0 radical (unpaired) electrons. The smallest absolute Gasteiger partial charge is 0.119 e. The van der Waals surface area contributed by atoms with Gasteiger partial charge in [-0.2, -0.15) is 0 Å². The van der Waals surface area contributed by atoms with Crippen molar-refractivity contribution in [3.8, 4) is 5.75 Å². The summed E-state index contributed by atoms with van der Waals surface area (Å²) in [5.41, 5.74) is 0.825. The number of likely N-dealkylation sites (N-methyl/N-ethyl adjacent to an activating group) is 1. The first kappa shape index (κ1) is 17.3. The molecule has 20 heavy (non-hydrogen) atoms. The summed E-state index contributed by atoms with van der Waals surface area (Å²) >= 11 is 0. The van der Waals surface area contributed by atoms with Crippen LogP contribution in [-0.2, 0) is 10.3 Å². The van der Waals surface area contributed by atoms with Gasteiger partial charge in [0.25, 0.3) is 0 Å². The third-order valence-electron chi connectivity index (χ3n) is 3.81. The number of nitrogens with zero attached hydrogens (tertiary/aromatic N) is 1. The van der Waals surface area contributed by atoms with E-state index in [1.807, 2.05) is 12.1 Å². The highest BCUT2D eigenvalue weighted by molar-refractivity contribution is 5.85.